The Hall–Kier alpha value is -9.49. The SMILES string of the molecule is CC#CC#CC#CC#CC#CC#CC#CC#CC#CC#CC#CC.Cc1c(CCC(=O)[C@H](C)NC(=O)[C@H](N)CCc2ccccc2)ccc2c(N)nccc12.NN=NN[N+](=O)[O-].[HH].[HH].[HH].[HH].[HH].[HH].[HH].[HH].[HH].[HH].[HH]. The molecule has 1 aromatic heterocycles. The number of ketones is 1. The Kier molecular flexibility index (Phi) is 26.6. The maximum absolute atomic E-state index is 12.6. The van der Waals surface area contributed by atoms with Crippen molar-refractivity contribution >= 4 is 28.3 Å². The summed E-state index contributed by atoms with van der Waals surface area (Å²) < 4.78 is 0. The zero-order valence-electron chi connectivity index (χ0n) is 34.3. The van der Waals surface area contributed by atoms with E-state index in [0.717, 1.165) is 33.9 Å². The van der Waals surface area contributed by atoms with E-state index in [9.17, 15) is 19.7 Å². The third-order valence-electron chi connectivity index (χ3n) is 7.39. The summed E-state index contributed by atoms with van der Waals surface area (Å²) in [6.07, 6.45) is 3.89. The van der Waals surface area contributed by atoms with Gasteiger partial charge in [-0.1, -0.05) is 54.3 Å². The molecule has 3 rings (SSSR count). The molecular weight excluding hydrogens is 779 g/mol. The number of hydrogen-bond acceptors (Lipinski definition) is 9. The summed E-state index contributed by atoms with van der Waals surface area (Å²) in [5, 5.41) is 18.3. The summed E-state index contributed by atoms with van der Waals surface area (Å²) >= 11 is 0. The number of nitrogens with zero attached hydrogens (tertiary/aromatic N) is 4. The zero-order valence-corrected chi connectivity index (χ0v) is 34.3. The summed E-state index contributed by atoms with van der Waals surface area (Å²) in [6.45, 7) is 7.14. The molecule has 3 aromatic rings. The number of fused-ring (bicyclic) bond motifs is 1. The number of amides is 1. The smallest absolute Gasteiger partial charge is 0.237 e. The lowest BCUT2D eigenvalue weighted by atomic mass is 9.96. The highest BCUT2D eigenvalue weighted by Gasteiger charge is 2.20. The number of carbonyl (C=O) groups excluding carboxylic acids is 2. The van der Waals surface area contributed by atoms with Crippen molar-refractivity contribution in [2.45, 2.75) is 65.5 Å². The highest BCUT2D eigenvalue weighted by atomic mass is 16.7. The molecule has 326 valence electrons. The van der Waals surface area contributed by atoms with Gasteiger partial charge in [0.05, 0.1) is 22.3 Å². The van der Waals surface area contributed by atoms with Crippen LogP contribution in [0.3, 0.4) is 0 Å². The highest BCUT2D eigenvalue weighted by molar-refractivity contribution is 5.94. The van der Waals surface area contributed by atoms with Gasteiger partial charge in [-0.25, -0.2) is 4.98 Å². The van der Waals surface area contributed by atoms with E-state index >= 15 is 0 Å². The first-order valence-corrected chi connectivity index (χ1v) is 18.1. The van der Waals surface area contributed by atoms with Gasteiger partial charge in [0.2, 0.25) is 5.91 Å². The predicted octanol–water partition coefficient (Wildman–Crippen LogP) is 5.87. The molecule has 8 N–H and O–H groups in total. The van der Waals surface area contributed by atoms with E-state index < -0.39 is 17.1 Å². The van der Waals surface area contributed by atoms with Crippen molar-refractivity contribution < 1.29 is 30.3 Å². The van der Waals surface area contributed by atoms with E-state index in [4.69, 9.17) is 11.5 Å². The molecular formula is C49H61N9O4. The molecule has 0 fully saturated rings. The first-order chi connectivity index (χ1) is 30.0. The molecule has 1 heterocycles. The fourth-order valence-corrected chi connectivity index (χ4v) is 4.47. The lowest BCUT2D eigenvalue weighted by Crippen LogP contribution is -2.47. The van der Waals surface area contributed by atoms with E-state index in [1.54, 1.807) is 27.0 Å². The lowest BCUT2D eigenvalue weighted by Gasteiger charge is -2.17. The average Bonchev–Trinajstić information content (AvgIpc) is 3.27. The summed E-state index contributed by atoms with van der Waals surface area (Å²) in [5.41, 5.74) is 16.6. The minimum Gasteiger partial charge on any atom is -0.383 e. The second-order valence-electron chi connectivity index (χ2n) is 11.5. The number of Topliss-reactive ketones (excluding diaryl/α,β-unsaturated/α-hetero) is 1. The number of anilines is 1. The predicted molar refractivity (Wildman–Crippen MR) is 264 cm³/mol. The standard InChI is InChI=1S/C25H30N4O2.C24H6.H3N5O2.11H2/c1-16-19(9-11-21-20(16)14-15-28-24(21)27)10-13-23(30)17(2)29-25(31)22(26)12-8-18-6-4-3-5-7-18;1-3-5-7-9-11-13-15-17-19-21-23-24-22-20-18-16-14-12-10-8-6-4-2;1-2-3-4-5(6)7;;;;;;;;;;;/h3-7,9,11,14-15,17,22H,8,10,12-13,26H2,1-2H3,(H2,27,28)(H,29,31);1-2H3;(H2,1,3)(H,2,4);11*1H/t17-,22+;;;;;;;;;;;;;/m0............./s1. The molecule has 0 bridgehead atoms. The van der Waals surface area contributed by atoms with Crippen molar-refractivity contribution in [1.82, 2.24) is 15.8 Å². The Morgan fingerprint density at radius 3 is 1.68 bits per heavy atom. The van der Waals surface area contributed by atoms with Crippen molar-refractivity contribution in [3.63, 3.8) is 0 Å². The molecule has 2 aromatic carbocycles. The normalized spacial score (nSPS) is 9.05. The Labute approximate surface area is 379 Å². The van der Waals surface area contributed by atoms with Crippen LogP contribution >= 0.6 is 0 Å². The van der Waals surface area contributed by atoms with Crippen LogP contribution in [0, 0.1) is 147 Å². The quantitative estimate of drug-likeness (QED) is 0.0512. The van der Waals surface area contributed by atoms with Crippen LogP contribution in [0.2, 0.25) is 0 Å². The monoisotopic (exact) mass is 839 g/mol. The Morgan fingerprint density at radius 2 is 1.24 bits per heavy atom. The van der Waals surface area contributed by atoms with E-state index in [2.05, 4.69) is 157 Å². The van der Waals surface area contributed by atoms with E-state index in [1.807, 2.05) is 55.5 Å². The van der Waals surface area contributed by atoms with Crippen LogP contribution < -0.4 is 28.2 Å². The van der Waals surface area contributed by atoms with Crippen molar-refractivity contribution in [3.8, 4) is 130 Å². The van der Waals surface area contributed by atoms with Gasteiger partial charge in [0.25, 0.3) is 0 Å². The fourth-order valence-electron chi connectivity index (χ4n) is 4.47. The molecule has 1 amide bonds. The van der Waals surface area contributed by atoms with Gasteiger partial charge in [0, 0.05) is 62.9 Å². The maximum atomic E-state index is 12.6. The fraction of sp³-hybridized carbons (Fsp3) is 0.204. The largest absolute Gasteiger partial charge is 0.383 e. The Bertz CT molecular complexity index is 2780. The average molecular weight is 840 g/mol. The molecule has 0 aliphatic rings. The second kappa shape index (κ2) is 32.6. The third kappa shape index (κ3) is 23.5. The number of nitrogen functional groups attached to an aromatic ring is 1. The number of nitrogens with one attached hydrogen (secondary N) is 2. The van der Waals surface area contributed by atoms with Crippen LogP contribution in [0.1, 0.15) is 66.0 Å². The van der Waals surface area contributed by atoms with Gasteiger partial charge in [-0.2, -0.15) is 0 Å². The molecule has 0 unspecified atom stereocenters. The van der Waals surface area contributed by atoms with Crippen LogP contribution in [0.4, 0.5) is 5.82 Å². The van der Waals surface area contributed by atoms with E-state index in [0.29, 0.717) is 25.1 Å². The summed E-state index contributed by atoms with van der Waals surface area (Å²) in [4.78, 5) is 38.3. The van der Waals surface area contributed by atoms with E-state index in [1.165, 1.54) is 5.53 Å². The second-order valence-corrected chi connectivity index (χ2v) is 11.5. The van der Waals surface area contributed by atoms with Gasteiger partial charge in [-0.3, -0.25) is 15.4 Å². The number of nitro groups is 1. The number of hydrogen-bond donors (Lipinski definition) is 5. The molecule has 0 aliphatic heterocycles. The molecule has 62 heavy (non-hydrogen) atoms. The Morgan fingerprint density at radius 1 is 0.758 bits per heavy atom. The molecule has 13 nitrogen and oxygen atoms in total. The number of benzene rings is 2. The first kappa shape index (κ1) is 50.5. The van der Waals surface area contributed by atoms with Crippen molar-refractivity contribution in [1.29, 1.82) is 0 Å². The molecule has 2 atom stereocenters. The third-order valence-corrected chi connectivity index (χ3v) is 7.39. The zero-order chi connectivity index (χ0) is 45.6. The summed E-state index contributed by atoms with van der Waals surface area (Å²) in [7, 11) is 0. The molecule has 0 saturated carbocycles. The number of pyridine rings is 1. The number of hydrazine groups is 1. The molecule has 0 radical (unpaired) electrons. The van der Waals surface area contributed by atoms with Crippen LogP contribution in [0.5, 0.6) is 0 Å². The minimum atomic E-state index is -0.879. The molecule has 0 spiro atoms. The van der Waals surface area contributed by atoms with Gasteiger partial charge in [0.15, 0.2) is 11.0 Å². The van der Waals surface area contributed by atoms with Crippen molar-refractivity contribution in [2.24, 2.45) is 22.0 Å². The van der Waals surface area contributed by atoms with Crippen LogP contribution in [-0.2, 0) is 22.4 Å². The molecule has 0 saturated heterocycles. The summed E-state index contributed by atoms with van der Waals surface area (Å²) in [6, 6.07) is 14.6. The first-order valence-electron chi connectivity index (χ1n) is 18.1. The summed E-state index contributed by atoms with van der Waals surface area (Å²) in [5.74, 6) is 60.2. The van der Waals surface area contributed by atoms with Gasteiger partial charge >= 0.3 is 0 Å². The Balaban J connectivity index is -0.0000000927. The topological polar surface area (TPSA) is 217 Å². The van der Waals surface area contributed by atoms with Gasteiger partial charge < -0.3 is 26.9 Å². The van der Waals surface area contributed by atoms with E-state index in [-0.39, 0.29) is 27.4 Å². The number of carbonyl (C=O) groups is 2. The molecule has 0 aliphatic carbocycles. The number of rotatable bonds is 11. The number of aromatic nitrogens is 1. The maximum Gasteiger partial charge on any atom is 0.237 e. The van der Waals surface area contributed by atoms with Crippen LogP contribution in [-0.4, -0.2) is 33.8 Å². The van der Waals surface area contributed by atoms with Gasteiger partial charge in [-0.05, 0) is 170 Å². The minimum absolute atomic E-state index is 0. The number of aryl methyl sites for hydroxylation is 3. The highest BCUT2D eigenvalue weighted by Crippen LogP contribution is 2.25. The van der Waals surface area contributed by atoms with Crippen molar-refractivity contribution in [2.75, 3.05) is 5.73 Å². The van der Waals surface area contributed by atoms with Gasteiger partial charge in [0.1, 0.15) is 5.82 Å². The van der Waals surface area contributed by atoms with Crippen molar-refractivity contribution in [3.05, 3.63) is 81.5 Å². The lowest BCUT2D eigenvalue weighted by molar-refractivity contribution is -0.546. The molecule has 13 heteroatoms. The van der Waals surface area contributed by atoms with Crippen LogP contribution in [0.25, 0.3) is 10.8 Å². The number of nitrogens with two attached hydrogens (primary N) is 3. The van der Waals surface area contributed by atoms with Crippen LogP contribution in [0.15, 0.2) is 65.2 Å². The van der Waals surface area contributed by atoms with Gasteiger partial charge in [-0.15, -0.1) is 0 Å².